The van der Waals surface area contributed by atoms with Gasteiger partial charge in [-0.1, -0.05) is 6.92 Å². The number of ether oxygens (including phenoxy) is 1. The molecule has 0 amide bonds. The van der Waals surface area contributed by atoms with Crippen molar-refractivity contribution in [1.29, 1.82) is 0 Å². The first-order valence-corrected chi connectivity index (χ1v) is 5.25. The van der Waals surface area contributed by atoms with Crippen LogP contribution in [0.4, 0.5) is 5.88 Å². The first kappa shape index (κ1) is 10.2. The minimum Gasteiger partial charge on any atom is -0.438 e. The van der Waals surface area contributed by atoms with E-state index in [1.807, 2.05) is 6.07 Å². The van der Waals surface area contributed by atoms with E-state index in [0.29, 0.717) is 5.76 Å². The van der Waals surface area contributed by atoms with Gasteiger partial charge in [0.05, 0.1) is 12.7 Å². The summed E-state index contributed by atoms with van der Waals surface area (Å²) < 4.78 is 10.9. The summed E-state index contributed by atoms with van der Waals surface area (Å²) in [4.78, 5) is 12.6. The maximum absolute atomic E-state index is 10.5. The summed E-state index contributed by atoms with van der Waals surface area (Å²) >= 11 is 0. The molecule has 1 aliphatic rings. The van der Waals surface area contributed by atoms with Crippen LogP contribution < -0.4 is 4.90 Å². The van der Waals surface area contributed by atoms with Gasteiger partial charge in [0.1, 0.15) is 0 Å². The van der Waals surface area contributed by atoms with Gasteiger partial charge >= 0.3 is 0 Å². The van der Waals surface area contributed by atoms with Crippen LogP contribution in [-0.4, -0.2) is 32.1 Å². The molecule has 4 nitrogen and oxygen atoms in total. The van der Waals surface area contributed by atoms with Gasteiger partial charge in [0.15, 0.2) is 17.9 Å². The lowest BCUT2D eigenvalue weighted by atomic mass is 10.2. The molecule has 1 unspecified atom stereocenters. The van der Waals surface area contributed by atoms with E-state index in [1.54, 1.807) is 6.07 Å². The fraction of sp³-hybridized carbons (Fsp3) is 0.545. The summed E-state index contributed by atoms with van der Waals surface area (Å²) in [5.74, 6) is 1.14. The third kappa shape index (κ3) is 2.21. The fourth-order valence-corrected chi connectivity index (χ4v) is 1.74. The lowest BCUT2D eigenvalue weighted by molar-refractivity contribution is 0.0370. The molecule has 1 aliphatic heterocycles. The van der Waals surface area contributed by atoms with Crippen LogP contribution >= 0.6 is 0 Å². The van der Waals surface area contributed by atoms with Crippen molar-refractivity contribution < 1.29 is 13.9 Å². The number of furan rings is 1. The summed E-state index contributed by atoms with van der Waals surface area (Å²) in [7, 11) is 0. The Morgan fingerprint density at radius 3 is 3.13 bits per heavy atom. The molecule has 0 aromatic carbocycles. The van der Waals surface area contributed by atoms with Crippen molar-refractivity contribution in [1.82, 2.24) is 0 Å². The van der Waals surface area contributed by atoms with Crippen molar-refractivity contribution >= 4 is 12.2 Å². The van der Waals surface area contributed by atoms with Gasteiger partial charge in [-0.05, 0) is 12.5 Å². The predicted octanol–water partition coefficient (Wildman–Crippen LogP) is 1.71. The molecule has 1 aromatic rings. The highest BCUT2D eigenvalue weighted by atomic mass is 16.5. The van der Waals surface area contributed by atoms with Crippen molar-refractivity contribution in [3.63, 3.8) is 0 Å². The quantitative estimate of drug-likeness (QED) is 0.711. The Kier molecular flexibility index (Phi) is 3.06. The highest BCUT2D eigenvalue weighted by Gasteiger charge is 2.21. The largest absolute Gasteiger partial charge is 0.438 e. The van der Waals surface area contributed by atoms with Gasteiger partial charge in [0, 0.05) is 19.2 Å². The van der Waals surface area contributed by atoms with E-state index in [-0.39, 0.29) is 6.10 Å². The number of carbonyl (C=O) groups is 1. The van der Waals surface area contributed by atoms with E-state index in [9.17, 15) is 4.79 Å². The van der Waals surface area contributed by atoms with E-state index >= 15 is 0 Å². The molecule has 0 aliphatic carbocycles. The third-order valence-corrected chi connectivity index (χ3v) is 2.63. The van der Waals surface area contributed by atoms with E-state index in [1.165, 1.54) is 0 Å². The number of hydrogen-bond donors (Lipinski definition) is 0. The van der Waals surface area contributed by atoms with Gasteiger partial charge < -0.3 is 14.1 Å². The zero-order chi connectivity index (χ0) is 10.7. The van der Waals surface area contributed by atoms with Gasteiger partial charge in [-0.15, -0.1) is 0 Å². The van der Waals surface area contributed by atoms with Gasteiger partial charge in [-0.25, -0.2) is 0 Å². The van der Waals surface area contributed by atoms with Crippen molar-refractivity contribution in [3.05, 3.63) is 17.9 Å². The monoisotopic (exact) mass is 209 g/mol. The molecule has 4 heteroatoms. The molecule has 0 saturated carbocycles. The topological polar surface area (TPSA) is 42.7 Å². The van der Waals surface area contributed by atoms with Crippen LogP contribution in [0.25, 0.3) is 0 Å². The SMILES string of the molecule is CCC1CN(c2ccc(C=O)o2)CCO1. The van der Waals surface area contributed by atoms with Gasteiger partial charge in [0.2, 0.25) is 0 Å². The number of nitrogens with zero attached hydrogens (tertiary/aromatic N) is 1. The van der Waals surface area contributed by atoms with Crippen LogP contribution in [0.15, 0.2) is 16.5 Å². The van der Waals surface area contributed by atoms with E-state index in [4.69, 9.17) is 9.15 Å². The molecule has 1 aromatic heterocycles. The molecular weight excluding hydrogens is 194 g/mol. The zero-order valence-corrected chi connectivity index (χ0v) is 8.81. The molecule has 0 bridgehead atoms. The standard InChI is InChI=1S/C11H15NO3/c1-2-9-7-12(5-6-14-9)11-4-3-10(8-13)15-11/h3-4,8-9H,2,5-7H2,1H3. The number of anilines is 1. The molecule has 1 atom stereocenters. The van der Waals surface area contributed by atoms with Crippen LogP contribution in [0.3, 0.4) is 0 Å². The van der Waals surface area contributed by atoms with Crippen LogP contribution in [0, 0.1) is 0 Å². The lowest BCUT2D eigenvalue weighted by Gasteiger charge is -2.32. The Hall–Kier alpha value is -1.29. The van der Waals surface area contributed by atoms with Gasteiger partial charge in [0.25, 0.3) is 0 Å². The summed E-state index contributed by atoms with van der Waals surface area (Å²) in [6.45, 7) is 4.48. The first-order valence-electron chi connectivity index (χ1n) is 5.25. The lowest BCUT2D eigenvalue weighted by Crippen LogP contribution is -2.42. The molecule has 1 saturated heterocycles. The Labute approximate surface area is 88.8 Å². The Morgan fingerprint density at radius 2 is 2.47 bits per heavy atom. The Bertz CT molecular complexity index is 334. The van der Waals surface area contributed by atoms with Crippen molar-refractivity contribution in [2.24, 2.45) is 0 Å². The minimum atomic E-state index is 0.267. The zero-order valence-electron chi connectivity index (χ0n) is 8.81. The molecule has 0 N–H and O–H groups in total. The van der Waals surface area contributed by atoms with E-state index in [2.05, 4.69) is 11.8 Å². The molecule has 1 fully saturated rings. The Morgan fingerprint density at radius 1 is 1.60 bits per heavy atom. The number of aldehydes is 1. The van der Waals surface area contributed by atoms with E-state index < -0.39 is 0 Å². The maximum atomic E-state index is 10.5. The first-order chi connectivity index (χ1) is 7.33. The summed E-state index contributed by atoms with van der Waals surface area (Å²) in [6, 6.07) is 3.53. The van der Waals surface area contributed by atoms with Gasteiger partial charge in [-0.3, -0.25) is 4.79 Å². The van der Waals surface area contributed by atoms with Crippen molar-refractivity contribution in [3.8, 4) is 0 Å². The fourth-order valence-electron chi connectivity index (χ4n) is 1.74. The second kappa shape index (κ2) is 4.49. The number of rotatable bonds is 3. The second-order valence-electron chi connectivity index (χ2n) is 3.64. The number of morpholine rings is 1. The minimum absolute atomic E-state index is 0.267. The summed E-state index contributed by atoms with van der Waals surface area (Å²) in [5.41, 5.74) is 0. The van der Waals surface area contributed by atoms with Crippen LogP contribution in [0.1, 0.15) is 23.9 Å². The summed E-state index contributed by atoms with van der Waals surface area (Å²) in [5, 5.41) is 0. The van der Waals surface area contributed by atoms with Crippen LogP contribution in [-0.2, 0) is 4.74 Å². The number of carbonyl (C=O) groups excluding carboxylic acids is 1. The van der Waals surface area contributed by atoms with Crippen LogP contribution in [0.5, 0.6) is 0 Å². The third-order valence-electron chi connectivity index (χ3n) is 2.63. The molecule has 15 heavy (non-hydrogen) atoms. The molecule has 2 heterocycles. The molecular formula is C11H15NO3. The molecule has 82 valence electrons. The predicted molar refractivity (Wildman–Crippen MR) is 56.3 cm³/mol. The second-order valence-corrected chi connectivity index (χ2v) is 3.64. The number of hydrogen-bond acceptors (Lipinski definition) is 4. The maximum Gasteiger partial charge on any atom is 0.196 e. The smallest absolute Gasteiger partial charge is 0.196 e. The highest BCUT2D eigenvalue weighted by Crippen LogP contribution is 2.20. The van der Waals surface area contributed by atoms with E-state index in [0.717, 1.165) is 38.3 Å². The highest BCUT2D eigenvalue weighted by molar-refractivity contribution is 5.71. The summed E-state index contributed by atoms with van der Waals surface area (Å²) in [6.07, 6.45) is 1.99. The molecule has 0 spiro atoms. The van der Waals surface area contributed by atoms with Crippen molar-refractivity contribution in [2.75, 3.05) is 24.6 Å². The van der Waals surface area contributed by atoms with Crippen LogP contribution in [0.2, 0.25) is 0 Å². The average molecular weight is 209 g/mol. The van der Waals surface area contributed by atoms with Gasteiger partial charge in [-0.2, -0.15) is 0 Å². The van der Waals surface area contributed by atoms with Crippen molar-refractivity contribution in [2.45, 2.75) is 19.4 Å². The normalized spacial score (nSPS) is 21.7. The average Bonchev–Trinajstić information content (AvgIpc) is 2.78. The Balaban J connectivity index is 2.06. The molecule has 2 rings (SSSR count). The molecule has 0 radical (unpaired) electrons.